The molecule has 25 heavy (non-hydrogen) atoms. The zero-order chi connectivity index (χ0) is 17.7. The van der Waals surface area contributed by atoms with Gasteiger partial charge in [-0.2, -0.15) is 0 Å². The summed E-state index contributed by atoms with van der Waals surface area (Å²) in [5.74, 6) is -1.40. The van der Waals surface area contributed by atoms with E-state index in [9.17, 15) is 14.4 Å². The Labute approximate surface area is 143 Å². The summed E-state index contributed by atoms with van der Waals surface area (Å²) in [7, 11) is 0. The zero-order valence-electron chi connectivity index (χ0n) is 14.1. The molecule has 1 aliphatic carbocycles. The van der Waals surface area contributed by atoms with Crippen LogP contribution in [0.25, 0.3) is 0 Å². The van der Waals surface area contributed by atoms with Crippen LogP contribution in [0, 0.1) is 0 Å². The average molecular weight is 350 g/mol. The van der Waals surface area contributed by atoms with E-state index < -0.39 is 53.5 Å². The van der Waals surface area contributed by atoms with Gasteiger partial charge in [-0.3, -0.25) is 4.79 Å². The topological polar surface area (TPSA) is 104 Å². The first-order valence-electron chi connectivity index (χ1n) is 8.43. The standard InChI is InChI=1S/C17H18O8/c1-6-9-10(22-14(6)19)12(21-7(2)18)16(3)8(24-16)4-5-17-13(25-17)11(9)23-15(17)20/h8,10-13H,4-5H2,1-3H3/t8-,10-,11+,12-,13-,16+,17-/m1/s1. The second kappa shape index (κ2) is 4.42. The van der Waals surface area contributed by atoms with Crippen molar-refractivity contribution in [3.63, 3.8) is 0 Å². The number of ether oxygens (including phenoxy) is 5. The van der Waals surface area contributed by atoms with Crippen molar-refractivity contribution in [1.82, 2.24) is 0 Å². The summed E-state index contributed by atoms with van der Waals surface area (Å²) in [4.78, 5) is 36.2. The van der Waals surface area contributed by atoms with E-state index in [1.54, 1.807) is 6.92 Å². The van der Waals surface area contributed by atoms with E-state index in [0.29, 0.717) is 24.0 Å². The first-order chi connectivity index (χ1) is 11.8. The quantitative estimate of drug-likeness (QED) is 0.375. The van der Waals surface area contributed by atoms with Crippen LogP contribution in [0.2, 0.25) is 0 Å². The molecule has 0 aromatic carbocycles. The molecule has 134 valence electrons. The molecule has 0 amide bonds. The van der Waals surface area contributed by atoms with Crippen LogP contribution in [0.1, 0.15) is 33.6 Å². The van der Waals surface area contributed by atoms with Gasteiger partial charge in [0, 0.05) is 18.1 Å². The summed E-state index contributed by atoms with van der Waals surface area (Å²) in [6.45, 7) is 4.76. The van der Waals surface area contributed by atoms with Crippen molar-refractivity contribution in [1.29, 1.82) is 0 Å². The highest BCUT2D eigenvalue weighted by molar-refractivity contribution is 5.94. The van der Waals surface area contributed by atoms with Crippen molar-refractivity contribution in [3.8, 4) is 0 Å². The van der Waals surface area contributed by atoms with E-state index in [0.717, 1.165) is 0 Å². The van der Waals surface area contributed by atoms with Crippen LogP contribution in [0.15, 0.2) is 11.1 Å². The van der Waals surface area contributed by atoms with Crippen LogP contribution in [0.5, 0.6) is 0 Å². The van der Waals surface area contributed by atoms with Gasteiger partial charge in [0.2, 0.25) is 0 Å². The summed E-state index contributed by atoms with van der Waals surface area (Å²) in [5, 5.41) is 0. The molecule has 0 N–H and O–H groups in total. The van der Waals surface area contributed by atoms with E-state index in [2.05, 4.69) is 0 Å². The van der Waals surface area contributed by atoms with Crippen LogP contribution >= 0.6 is 0 Å². The van der Waals surface area contributed by atoms with E-state index in [-0.39, 0.29) is 6.10 Å². The van der Waals surface area contributed by atoms with Gasteiger partial charge in [0.25, 0.3) is 0 Å². The average Bonchev–Trinajstić information content (AvgIpc) is 3.37. The Kier molecular flexibility index (Phi) is 2.71. The maximum atomic E-state index is 12.4. The largest absolute Gasteiger partial charge is 0.455 e. The van der Waals surface area contributed by atoms with Gasteiger partial charge in [0.15, 0.2) is 23.9 Å². The maximum Gasteiger partial charge on any atom is 0.342 e. The fraction of sp³-hybridized carbons (Fsp3) is 0.706. The highest BCUT2D eigenvalue weighted by Crippen LogP contribution is 2.58. The number of carbonyl (C=O) groups excluding carboxylic acids is 3. The Morgan fingerprint density at radius 2 is 1.96 bits per heavy atom. The van der Waals surface area contributed by atoms with Gasteiger partial charge in [-0.25, -0.2) is 9.59 Å². The van der Waals surface area contributed by atoms with Crippen LogP contribution in [-0.2, 0) is 38.1 Å². The smallest absolute Gasteiger partial charge is 0.342 e. The first kappa shape index (κ1) is 15.3. The SMILES string of the molecule is CC(=O)O[C@@H]1[C@@H]2OC(=O)C(C)=C2[C@@H]2OC(=O)[C@]3(CC[C@H]4O[C@]14C)O[C@H]23. The molecule has 0 aromatic heterocycles. The minimum atomic E-state index is -0.935. The molecule has 0 radical (unpaired) electrons. The van der Waals surface area contributed by atoms with E-state index >= 15 is 0 Å². The van der Waals surface area contributed by atoms with Crippen molar-refractivity contribution in [2.75, 3.05) is 0 Å². The maximum absolute atomic E-state index is 12.4. The summed E-state index contributed by atoms with van der Waals surface area (Å²) in [5.41, 5.74) is -0.818. The monoisotopic (exact) mass is 350 g/mol. The van der Waals surface area contributed by atoms with Gasteiger partial charge in [-0.1, -0.05) is 0 Å². The Balaban J connectivity index is 1.62. The second-order valence-corrected chi connectivity index (χ2v) is 7.52. The highest BCUT2D eigenvalue weighted by Gasteiger charge is 2.77. The molecule has 4 heterocycles. The molecular weight excluding hydrogens is 332 g/mol. The Hall–Kier alpha value is -1.93. The normalized spacial score (nSPS) is 49.5. The van der Waals surface area contributed by atoms with Crippen molar-refractivity contribution < 1.29 is 38.1 Å². The van der Waals surface area contributed by atoms with Gasteiger partial charge in [0.1, 0.15) is 11.7 Å². The second-order valence-electron chi connectivity index (χ2n) is 7.52. The third-order valence-corrected chi connectivity index (χ3v) is 6.07. The highest BCUT2D eigenvalue weighted by atomic mass is 16.7. The minimum absolute atomic E-state index is 0.207. The molecule has 8 heteroatoms. The van der Waals surface area contributed by atoms with Gasteiger partial charge >= 0.3 is 17.9 Å². The number of epoxide rings is 2. The van der Waals surface area contributed by atoms with Gasteiger partial charge in [-0.05, 0) is 26.7 Å². The summed E-state index contributed by atoms with van der Waals surface area (Å²) in [6, 6.07) is 0. The lowest BCUT2D eigenvalue weighted by atomic mass is 9.83. The van der Waals surface area contributed by atoms with Crippen molar-refractivity contribution >= 4 is 17.9 Å². The molecule has 0 aromatic rings. The number of fused-ring (bicyclic) bond motifs is 3. The molecule has 4 aliphatic heterocycles. The molecule has 5 rings (SSSR count). The molecular formula is C17H18O8. The molecule has 2 bridgehead atoms. The lowest BCUT2D eigenvalue weighted by Gasteiger charge is -2.29. The predicted molar refractivity (Wildman–Crippen MR) is 78.1 cm³/mol. The van der Waals surface area contributed by atoms with Crippen LogP contribution in [0.4, 0.5) is 0 Å². The van der Waals surface area contributed by atoms with Gasteiger partial charge in [-0.15, -0.1) is 0 Å². The fourth-order valence-electron chi connectivity index (χ4n) is 4.54. The number of esters is 3. The van der Waals surface area contributed by atoms with Gasteiger partial charge in [0.05, 0.1) is 6.10 Å². The lowest BCUT2D eigenvalue weighted by molar-refractivity contribution is -0.165. The van der Waals surface area contributed by atoms with Crippen LogP contribution < -0.4 is 0 Å². The molecule has 3 saturated heterocycles. The minimum Gasteiger partial charge on any atom is -0.455 e. The molecule has 7 atom stereocenters. The first-order valence-corrected chi connectivity index (χ1v) is 8.43. The molecule has 0 spiro atoms. The van der Waals surface area contributed by atoms with Crippen LogP contribution in [0.3, 0.4) is 0 Å². The lowest BCUT2D eigenvalue weighted by Crippen LogP contribution is -2.47. The van der Waals surface area contributed by atoms with Gasteiger partial charge < -0.3 is 23.7 Å². The number of hydrogen-bond donors (Lipinski definition) is 0. The third kappa shape index (κ3) is 1.81. The van der Waals surface area contributed by atoms with Crippen molar-refractivity contribution in [3.05, 3.63) is 11.1 Å². The summed E-state index contributed by atoms with van der Waals surface area (Å²) < 4.78 is 28.1. The molecule has 1 saturated carbocycles. The number of hydrogen-bond acceptors (Lipinski definition) is 8. The van der Waals surface area contributed by atoms with Crippen molar-refractivity contribution in [2.45, 2.75) is 75.3 Å². The predicted octanol–water partition coefficient (Wildman–Crippen LogP) is 0.174. The Morgan fingerprint density at radius 3 is 2.64 bits per heavy atom. The number of rotatable bonds is 1. The van der Waals surface area contributed by atoms with E-state index in [1.165, 1.54) is 6.92 Å². The third-order valence-electron chi connectivity index (χ3n) is 6.07. The molecule has 8 nitrogen and oxygen atoms in total. The zero-order valence-corrected chi connectivity index (χ0v) is 14.1. The summed E-state index contributed by atoms with van der Waals surface area (Å²) >= 11 is 0. The molecule has 4 fully saturated rings. The van der Waals surface area contributed by atoms with E-state index in [1.807, 2.05) is 6.92 Å². The Bertz CT molecular complexity index is 756. The van der Waals surface area contributed by atoms with Crippen LogP contribution in [-0.4, -0.2) is 59.6 Å². The van der Waals surface area contributed by atoms with Crippen molar-refractivity contribution in [2.24, 2.45) is 0 Å². The fourth-order valence-corrected chi connectivity index (χ4v) is 4.54. The molecule has 0 unspecified atom stereocenters. The molecule has 5 aliphatic rings. The summed E-state index contributed by atoms with van der Waals surface area (Å²) in [6.07, 6.45) is -1.91. The number of carbonyl (C=O) groups is 3. The van der Waals surface area contributed by atoms with E-state index in [4.69, 9.17) is 23.7 Å². The Morgan fingerprint density at radius 1 is 1.20 bits per heavy atom.